The van der Waals surface area contributed by atoms with Crippen molar-refractivity contribution < 1.29 is 13.2 Å². The molecule has 1 amide bonds. The van der Waals surface area contributed by atoms with Gasteiger partial charge in [0, 0.05) is 31.2 Å². The highest BCUT2D eigenvalue weighted by Crippen LogP contribution is 2.26. The minimum absolute atomic E-state index is 0.0960. The molecule has 1 aliphatic heterocycles. The van der Waals surface area contributed by atoms with Gasteiger partial charge in [-0.2, -0.15) is 9.40 Å². The zero-order valence-electron chi connectivity index (χ0n) is 17.5. The summed E-state index contributed by atoms with van der Waals surface area (Å²) in [6, 6.07) is 11.6. The Morgan fingerprint density at radius 1 is 1.03 bits per heavy atom. The summed E-state index contributed by atoms with van der Waals surface area (Å²) in [5.74, 6) is -0.517. The topological polar surface area (TPSA) is 101 Å². The quantitative estimate of drug-likeness (QED) is 0.672. The molecule has 0 unspecified atom stereocenters. The predicted molar refractivity (Wildman–Crippen MR) is 119 cm³/mol. The molecule has 0 aliphatic carbocycles. The van der Waals surface area contributed by atoms with Crippen LogP contribution in [0.2, 0.25) is 0 Å². The van der Waals surface area contributed by atoms with Crippen molar-refractivity contribution in [3.63, 3.8) is 0 Å². The Kier molecular flexibility index (Phi) is 5.63. The monoisotopic (exact) mass is 440 g/mol. The van der Waals surface area contributed by atoms with Gasteiger partial charge in [-0.05, 0) is 43.5 Å². The highest BCUT2D eigenvalue weighted by Gasteiger charge is 2.28. The number of carbonyl (C=O) groups is 1. The van der Waals surface area contributed by atoms with Crippen LogP contribution in [0.25, 0.3) is 10.8 Å². The summed E-state index contributed by atoms with van der Waals surface area (Å²) >= 11 is 0. The lowest BCUT2D eigenvalue weighted by atomic mass is 10.1. The molecule has 9 heteroatoms. The van der Waals surface area contributed by atoms with E-state index in [0.29, 0.717) is 35.1 Å². The van der Waals surface area contributed by atoms with E-state index in [1.54, 1.807) is 43.3 Å². The standard InChI is InChI=1S/C22H24N4O4S/c1-15-10-11-16(14-19(15)31(29,30)26-12-6-3-7-13-26)23-21(27)20-17-8-4-5-9-18(17)22(28)25(2)24-20/h4-5,8-11,14H,3,6-7,12-13H2,1-2H3,(H,23,27). The van der Waals surface area contributed by atoms with Gasteiger partial charge in [0.2, 0.25) is 10.0 Å². The Labute approximate surface area is 180 Å². The van der Waals surface area contributed by atoms with Gasteiger partial charge < -0.3 is 5.32 Å². The highest BCUT2D eigenvalue weighted by atomic mass is 32.2. The number of piperidine rings is 1. The number of nitrogens with one attached hydrogen (secondary N) is 1. The number of fused-ring (bicyclic) bond motifs is 1. The Bertz CT molecular complexity index is 1330. The summed E-state index contributed by atoms with van der Waals surface area (Å²) in [5.41, 5.74) is 0.774. The molecule has 162 valence electrons. The molecule has 0 atom stereocenters. The van der Waals surface area contributed by atoms with Crippen molar-refractivity contribution >= 4 is 32.4 Å². The second kappa shape index (κ2) is 8.24. The van der Waals surface area contributed by atoms with E-state index < -0.39 is 15.9 Å². The van der Waals surface area contributed by atoms with Crippen molar-refractivity contribution in [2.45, 2.75) is 31.1 Å². The average molecular weight is 441 g/mol. The molecule has 31 heavy (non-hydrogen) atoms. The van der Waals surface area contributed by atoms with Gasteiger partial charge in [0.1, 0.15) is 0 Å². The van der Waals surface area contributed by atoms with Crippen LogP contribution in [0.5, 0.6) is 0 Å². The van der Waals surface area contributed by atoms with E-state index in [4.69, 9.17) is 0 Å². The first kappa shape index (κ1) is 21.2. The zero-order chi connectivity index (χ0) is 22.2. The lowest BCUT2D eigenvalue weighted by Gasteiger charge is -2.26. The molecule has 1 aliphatic rings. The van der Waals surface area contributed by atoms with Crippen LogP contribution in [0.4, 0.5) is 5.69 Å². The van der Waals surface area contributed by atoms with Gasteiger partial charge in [-0.1, -0.05) is 30.7 Å². The zero-order valence-corrected chi connectivity index (χ0v) is 18.3. The maximum Gasteiger partial charge on any atom is 0.276 e. The Morgan fingerprint density at radius 2 is 1.71 bits per heavy atom. The molecular formula is C22H24N4O4S. The van der Waals surface area contributed by atoms with Gasteiger partial charge in [0.25, 0.3) is 11.5 Å². The molecule has 8 nitrogen and oxygen atoms in total. The number of sulfonamides is 1. The summed E-state index contributed by atoms with van der Waals surface area (Å²) in [6.07, 6.45) is 2.72. The lowest BCUT2D eigenvalue weighted by Crippen LogP contribution is -2.36. The van der Waals surface area contributed by atoms with Crippen LogP contribution < -0.4 is 10.9 Å². The molecule has 1 saturated heterocycles. The maximum atomic E-state index is 13.1. The van der Waals surface area contributed by atoms with Crippen LogP contribution in [0.3, 0.4) is 0 Å². The molecule has 0 radical (unpaired) electrons. The summed E-state index contributed by atoms with van der Waals surface area (Å²) in [7, 11) is -2.15. The van der Waals surface area contributed by atoms with Crippen molar-refractivity contribution in [1.29, 1.82) is 0 Å². The molecule has 1 aromatic heterocycles. The predicted octanol–water partition coefficient (Wildman–Crippen LogP) is 2.67. The Hall–Kier alpha value is -3.04. The smallest absolute Gasteiger partial charge is 0.276 e. The third kappa shape index (κ3) is 3.98. The van der Waals surface area contributed by atoms with Gasteiger partial charge in [-0.3, -0.25) is 9.59 Å². The SMILES string of the molecule is Cc1ccc(NC(=O)c2nn(C)c(=O)c3ccccc23)cc1S(=O)(=O)N1CCCCC1. The summed E-state index contributed by atoms with van der Waals surface area (Å²) < 4.78 is 28.9. The van der Waals surface area contributed by atoms with E-state index in [2.05, 4.69) is 10.4 Å². The second-order valence-electron chi connectivity index (χ2n) is 7.72. The average Bonchev–Trinajstić information content (AvgIpc) is 2.78. The van der Waals surface area contributed by atoms with E-state index in [1.165, 1.54) is 17.4 Å². The van der Waals surface area contributed by atoms with Crippen LogP contribution in [-0.4, -0.2) is 41.5 Å². The maximum absolute atomic E-state index is 13.1. The molecule has 1 fully saturated rings. The van der Waals surface area contributed by atoms with Crippen LogP contribution in [0.1, 0.15) is 35.3 Å². The highest BCUT2D eigenvalue weighted by molar-refractivity contribution is 7.89. The fraction of sp³-hybridized carbons (Fsp3) is 0.318. The fourth-order valence-corrected chi connectivity index (χ4v) is 5.63. The van der Waals surface area contributed by atoms with Crippen LogP contribution >= 0.6 is 0 Å². The van der Waals surface area contributed by atoms with Crippen molar-refractivity contribution in [3.8, 4) is 0 Å². The number of hydrogen-bond donors (Lipinski definition) is 1. The first-order valence-electron chi connectivity index (χ1n) is 10.2. The molecule has 0 bridgehead atoms. The van der Waals surface area contributed by atoms with E-state index >= 15 is 0 Å². The van der Waals surface area contributed by atoms with Gasteiger partial charge >= 0.3 is 0 Å². The Morgan fingerprint density at radius 3 is 2.42 bits per heavy atom. The van der Waals surface area contributed by atoms with Crippen LogP contribution in [0.15, 0.2) is 52.2 Å². The second-order valence-corrected chi connectivity index (χ2v) is 9.63. The largest absolute Gasteiger partial charge is 0.321 e. The van der Waals surface area contributed by atoms with E-state index in [1.807, 2.05) is 0 Å². The van der Waals surface area contributed by atoms with Gasteiger partial charge in [-0.15, -0.1) is 0 Å². The molecular weight excluding hydrogens is 416 g/mol. The Balaban J connectivity index is 1.69. The summed E-state index contributed by atoms with van der Waals surface area (Å²) in [5, 5.41) is 7.70. The number of aryl methyl sites for hydroxylation is 2. The van der Waals surface area contributed by atoms with E-state index in [-0.39, 0.29) is 16.1 Å². The number of amides is 1. The molecule has 1 N–H and O–H groups in total. The number of rotatable bonds is 4. The van der Waals surface area contributed by atoms with Crippen molar-refractivity contribution in [2.75, 3.05) is 18.4 Å². The molecule has 0 saturated carbocycles. The van der Waals surface area contributed by atoms with Gasteiger partial charge in [0.05, 0.1) is 10.3 Å². The molecule has 0 spiro atoms. The van der Waals surface area contributed by atoms with E-state index in [0.717, 1.165) is 23.9 Å². The number of anilines is 1. The third-order valence-corrected chi connectivity index (χ3v) is 7.59. The molecule has 4 rings (SSSR count). The number of benzene rings is 2. The number of nitrogens with zero attached hydrogens (tertiary/aromatic N) is 3. The van der Waals surface area contributed by atoms with Gasteiger partial charge in [-0.25, -0.2) is 13.1 Å². The normalized spacial score (nSPS) is 15.2. The number of aromatic nitrogens is 2. The first-order chi connectivity index (χ1) is 14.8. The first-order valence-corrected chi connectivity index (χ1v) is 11.6. The molecule has 2 heterocycles. The van der Waals surface area contributed by atoms with Crippen LogP contribution in [0, 0.1) is 6.92 Å². The minimum Gasteiger partial charge on any atom is -0.321 e. The number of carbonyl (C=O) groups excluding carboxylic acids is 1. The fourth-order valence-electron chi connectivity index (χ4n) is 3.86. The van der Waals surface area contributed by atoms with E-state index in [9.17, 15) is 18.0 Å². The third-order valence-electron chi connectivity index (χ3n) is 5.55. The minimum atomic E-state index is -3.64. The molecule has 3 aromatic rings. The van der Waals surface area contributed by atoms with Crippen molar-refractivity contribution in [3.05, 3.63) is 64.1 Å². The lowest BCUT2D eigenvalue weighted by molar-refractivity contribution is 0.102. The van der Waals surface area contributed by atoms with Crippen LogP contribution in [-0.2, 0) is 17.1 Å². The summed E-state index contributed by atoms with van der Waals surface area (Å²) in [4.78, 5) is 25.5. The summed E-state index contributed by atoms with van der Waals surface area (Å²) in [6.45, 7) is 2.75. The van der Waals surface area contributed by atoms with Gasteiger partial charge in [0.15, 0.2) is 5.69 Å². The van der Waals surface area contributed by atoms with Crippen molar-refractivity contribution in [1.82, 2.24) is 14.1 Å². The number of hydrogen-bond acceptors (Lipinski definition) is 5. The van der Waals surface area contributed by atoms with Crippen molar-refractivity contribution in [2.24, 2.45) is 7.05 Å². The molecule has 2 aromatic carbocycles.